The van der Waals surface area contributed by atoms with Gasteiger partial charge in [-0.1, -0.05) is 12.2 Å². The highest BCUT2D eigenvalue weighted by atomic mass is 16.6. The van der Waals surface area contributed by atoms with E-state index >= 15 is 0 Å². The van der Waals surface area contributed by atoms with Gasteiger partial charge in [0.2, 0.25) is 0 Å². The molecule has 0 saturated carbocycles. The van der Waals surface area contributed by atoms with Crippen LogP contribution in [0.25, 0.3) is 0 Å². The van der Waals surface area contributed by atoms with Crippen LogP contribution in [0.1, 0.15) is 12.8 Å². The standard InChI is InChI=1S/C9H14O3/c10-8-5-12-9(11)7-4-2-1-3-6(7)8/h1,3,6-11H,2,4-5H2/t6-,7+,8-,9+/m1/s1. The molecular formula is C9H14O3. The van der Waals surface area contributed by atoms with Gasteiger partial charge in [0.1, 0.15) is 0 Å². The summed E-state index contributed by atoms with van der Waals surface area (Å²) < 4.78 is 5.03. The normalized spacial score (nSPS) is 47.2. The van der Waals surface area contributed by atoms with Crippen molar-refractivity contribution in [2.75, 3.05) is 6.61 Å². The second-order valence-electron chi connectivity index (χ2n) is 3.54. The van der Waals surface area contributed by atoms with Crippen LogP contribution in [0.2, 0.25) is 0 Å². The van der Waals surface area contributed by atoms with Gasteiger partial charge in [-0.3, -0.25) is 0 Å². The predicted molar refractivity (Wildman–Crippen MR) is 43.3 cm³/mol. The third-order valence-electron chi connectivity index (χ3n) is 2.77. The van der Waals surface area contributed by atoms with Crippen LogP contribution in [-0.4, -0.2) is 29.2 Å². The number of fused-ring (bicyclic) bond motifs is 1. The Morgan fingerprint density at radius 3 is 2.92 bits per heavy atom. The second kappa shape index (κ2) is 3.17. The van der Waals surface area contributed by atoms with E-state index in [9.17, 15) is 10.2 Å². The number of hydrogen-bond acceptors (Lipinski definition) is 3. The lowest BCUT2D eigenvalue weighted by molar-refractivity contribution is -0.207. The monoisotopic (exact) mass is 170 g/mol. The van der Waals surface area contributed by atoms with E-state index in [0.29, 0.717) is 0 Å². The van der Waals surface area contributed by atoms with Crippen molar-refractivity contribution in [2.45, 2.75) is 25.2 Å². The maximum atomic E-state index is 9.53. The van der Waals surface area contributed by atoms with Gasteiger partial charge in [0.25, 0.3) is 0 Å². The molecule has 1 fully saturated rings. The Kier molecular flexibility index (Phi) is 2.17. The van der Waals surface area contributed by atoms with Crippen LogP contribution in [0, 0.1) is 11.8 Å². The summed E-state index contributed by atoms with van der Waals surface area (Å²) in [5.41, 5.74) is 0. The van der Waals surface area contributed by atoms with E-state index in [4.69, 9.17) is 4.74 Å². The lowest BCUT2D eigenvalue weighted by Gasteiger charge is -2.38. The second-order valence-corrected chi connectivity index (χ2v) is 3.54. The Morgan fingerprint density at radius 1 is 1.33 bits per heavy atom. The van der Waals surface area contributed by atoms with Crippen molar-refractivity contribution in [2.24, 2.45) is 11.8 Å². The highest BCUT2D eigenvalue weighted by Crippen LogP contribution is 2.34. The molecule has 0 radical (unpaired) electrons. The van der Waals surface area contributed by atoms with Crippen LogP contribution in [-0.2, 0) is 4.74 Å². The fourth-order valence-corrected chi connectivity index (χ4v) is 2.06. The lowest BCUT2D eigenvalue weighted by Crippen LogP contribution is -2.45. The first-order valence-electron chi connectivity index (χ1n) is 4.43. The van der Waals surface area contributed by atoms with Crippen LogP contribution in [0.3, 0.4) is 0 Å². The smallest absolute Gasteiger partial charge is 0.158 e. The fraction of sp³-hybridized carbons (Fsp3) is 0.778. The zero-order valence-electron chi connectivity index (χ0n) is 6.89. The molecule has 2 N–H and O–H groups in total. The van der Waals surface area contributed by atoms with Gasteiger partial charge in [-0.05, 0) is 12.8 Å². The zero-order valence-corrected chi connectivity index (χ0v) is 6.89. The zero-order chi connectivity index (χ0) is 8.55. The van der Waals surface area contributed by atoms with E-state index in [-0.39, 0.29) is 18.4 Å². The van der Waals surface area contributed by atoms with Crippen molar-refractivity contribution >= 4 is 0 Å². The summed E-state index contributed by atoms with van der Waals surface area (Å²) in [7, 11) is 0. The number of rotatable bonds is 0. The lowest BCUT2D eigenvalue weighted by atomic mass is 9.79. The predicted octanol–water partition coefficient (Wildman–Crippen LogP) is 0.278. The summed E-state index contributed by atoms with van der Waals surface area (Å²) in [5.74, 6) is 0.196. The molecule has 3 nitrogen and oxygen atoms in total. The van der Waals surface area contributed by atoms with Gasteiger partial charge in [-0.2, -0.15) is 0 Å². The van der Waals surface area contributed by atoms with Crippen LogP contribution >= 0.6 is 0 Å². The average Bonchev–Trinajstić information content (AvgIpc) is 2.12. The van der Waals surface area contributed by atoms with Gasteiger partial charge in [0.05, 0.1) is 12.7 Å². The highest BCUT2D eigenvalue weighted by molar-refractivity contribution is 5.02. The molecule has 0 unspecified atom stereocenters. The van der Waals surface area contributed by atoms with Crippen molar-refractivity contribution in [3.63, 3.8) is 0 Å². The molecule has 4 atom stereocenters. The quantitative estimate of drug-likeness (QED) is 0.513. The van der Waals surface area contributed by atoms with Crippen LogP contribution in [0.5, 0.6) is 0 Å². The molecule has 1 heterocycles. The molecule has 2 aliphatic rings. The topological polar surface area (TPSA) is 49.7 Å². The maximum Gasteiger partial charge on any atom is 0.158 e. The Hall–Kier alpha value is -0.380. The van der Waals surface area contributed by atoms with Gasteiger partial charge in [-0.15, -0.1) is 0 Å². The molecule has 0 aromatic heterocycles. The van der Waals surface area contributed by atoms with Crippen molar-refractivity contribution in [1.29, 1.82) is 0 Å². The van der Waals surface area contributed by atoms with E-state index < -0.39 is 12.4 Å². The highest BCUT2D eigenvalue weighted by Gasteiger charge is 2.37. The summed E-state index contributed by atoms with van der Waals surface area (Å²) in [6.45, 7) is 0.257. The van der Waals surface area contributed by atoms with Crippen molar-refractivity contribution in [3.05, 3.63) is 12.2 Å². The van der Waals surface area contributed by atoms with Crippen molar-refractivity contribution < 1.29 is 14.9 Å². The van der Waals surface area contributed by atoms with E-state index in [1.54, 1.807) is 0 Å². The minimum Gasteiger partial charge on any atom is -0.390 e. The molecule has 3 heteroatoms. The van der Waals surface area contributed by atoms with Crippen molar-refractivity contribution in [1.82, 2.24) is 0 Å². The number of aliphatic hydroxyl groups is 2. The molecule has 12 heavy (non-hydrogen) atoms. The van der Waals surface area contributed by atoms with E-state index in [0.717, 1.165) is 12.8 Å². The molecular weight excluding hydrogens is 156 g/mol. The van der Waals surface area contributed by atoms with Gasteiger partial charge in [0, 0.05) is 11.8 Å². The van der Waals surface area contributed by atoms with Gasteiger partial charge < -0.3 is 14.9 Å². The summed E-state index contributed by atoms with van der Waals surface area (Å²) in [4.78, 5) is 0. The maximum absolute atomic E-state index is 9.53. The Bertz CT molecular complexity index is 190. The summed E-state index contributed by atoms with van der Waals surface area (Å²) >= 11 is 0. The van der Waals surface area contributed by atoms with E-state index in [2.05, 4.69) is 6.08 Å². The molecule has 2 rings (SSSR count). The van der Waals surface area contributed by atoms with Crippen LogP contribution in [0.4, 0.5) is 0 Å². The number of allylic oxidation sites excluding steroid dienone is 1. The number of ether oxygens (including phenoxy) is 1. The van der Waals surface area contributed by atoms with E-state index in [1.807, 2.05) is 6.08 Å². The summed E-state index contributed by atoms with van der Waals surface area (Å²) in [6, 6.07) is 0. The first-order chi connectivity index (χ1) is 5.79. The summed E-state index contributed by atoms with van der Waals surface area (Å²) in [6.07, 6.45) is 4.86. The summed E-state index contributed by atoms with van der Waals surface area (Å²) in [5, 5.41) is 19.0. The minimum absolute atomic E-state index is 0.0961. The molecule has 0 amide bonds. The third kappa shape index (κ3) is 1.28. The molecule has 68 valence electrons. The minimum atomic E-state index is -0.677. The van der Waals surface area contributed by atoms with Crippen molar-refractivity contribution in [3.8, 4) is 0 Å². The Morgan fingerprint density at radius 2 is 2.17 bits per heavy atom. The largest absolute Gasteiger partial charge is 0.390 e. The third-order valence-corrected chi connectivity index (χ3v) is 2.77. The molecule has 0 aromatic carbocycles. The number of hydrogen-bond donors (Lipinski definition) is 2. The molecule has 1 aliphatic heterocycles. The Labute approximate surface area is 71.7 Å². The Balaban J connectivity index is 2.14. The molecule has 0 spiro atoms. The molecule has 0 aromatic rings. The molecule has 1 aliphatic carbocycles. The van der Waals surface area contributed by atoms with Gasteiger partial charge >= 0.3 is 0 Å². The first-order valence-corrected chi connectivity index (χ1v) is 4.43. The van der Waals surface area contributed by atoms with Gasteiger partial charge in [0.15, 0.2) is 6.29 Å². The molecule has 1 saturated heterocycles. The average molecular weight is 170 g/mol. The van der Waals surface area contributed by atoms with Gasteiger partial charge in [-0.25, -0.2) is 0 Å². The fourth-order valence-electron chi connectivity index (χ4n) is 2.06. The number of aliphatic hydroxyl groups excluding tert-OH is 2. The first kappa shape index (κ1) is 8.23. The van der Waals surface area contributed by atoms with Crippen LogP contribution in [0.15, 0.2) is 12.2 Å². The van der Waals surface area contributed by atoms with Crippen LogP contribution < -0.4 is 0 Å². The SMILES string of the molecule is O[C@@H]1CO[C@H](O)[C@H]2CCC=C[C@H]21. The van der Waals surface area contributed by atoms with E-state index in [1.165, 1.54) is 0 Å². The molecule has 0 bridgehead atoms.